The number of fused-ring (bicyclic) bond motifs is 1. The second-order valence-electron chi connectivity index (χ2n) is 4.24. The van der Waals surface area contributed by atoms with Crippen LogP contribution in [0.15, 0.2) is 35.1 Å². The summed E-state index contributed by atoms with van der Waals surface area (Å²) < 4.78 is 5.00. The van der Waals surface area contributed by atoms with Crippen LogP contribution >= 0.6 is 0 Å². The van der Waals surface area contributed by atoms with E-state index >= 15 is 0 Å². The molecule has 0 spiro atoms. The van der Waals surface area contributed by atoms with E-state index in [4.69, 9.17) is 4.42 Å². The van der Waals surface area contributed by atoms with E-state index in [1.165, 1.54) is 11.3 Å². The summed E-state index contributed by atoms with van der Waals surface area (Å²) in [4.78, 5) is 25.4. The fourth-order valence-corrected chi connectivity index (χ4v) is 2.14. The van der Waals surface area contributed by atoms with E-state index in [1.54, 1.807) is 24.3 Å². The van der Waals surface area contributed by atoms with Crippen LogP contribution in [0.1, 0.15) is 33.0 Å². The molecule has 0 aliphatic carbocycles. The fourth-order valence-electron chi connectivity index (χ4n) is 2.14. The van der Waals surface area contributed by atoms with Gasteiger partial charge in [-0.3, -0.25) is 14.5 Å². The molecule has 0 saturated heterocycles. The summed E-state index contributed by atoms with van der Waals surface area (Å²) in [5.41, 5.74) is 0.954. The van der Waals surface area contributed by atoms with Crippen molar-refractivity contribution in [2.75, 3.05) is 6.54 Å². The van der Waals surface area contributed by atoms with E-state index in [2.05, 4.69) is 10.2 Å². The maximum Gasteiger partial charge on any atom is 0.261 e. The molecule has 3 rings (SSSR count). The SMILES string of the molecule is O=C1c2ccccc2C(=O)N1CCCc1nnco1. The van der Waals surface area contributed by atoms with Crippen LogP contribution in [0.4, 0.5) is 0 Å². The Balaban J connectivity index is 1.67. The van der Waals surface area contributed by atoms with E-state index in [-0.39, 0.29) is 11.8 Å². The van der Waals surface area contributed by atoms with Crippen molar-refractivity contribution in [3.63, 3.8) is 0 Å². The number of nitrogens with zero attached hydrogens (tertiary/aromatic N) is 3. The molecule has 0 fully saturated rings. The Kier molecular flexibility index (Phi) is 2.83. The molecular formula is C13H11N3O3. The number of carbonyl (C=O) groups excluding carboxylic acids is 2. The Morgan fingerprint density at radius 3 is 2.37 bits per heavy atom. The summed E-state index contributed by atoms with van der Waals surface area (Å²) >= 11 is 0. The molecular weight excluding hydrogens is 246 g/mol. The third kappa shape index (κ3) is 2.01. The molecule has 2 amide bonds. The summed E-state index contributed by atoms with van der Waals surface area (Å²) in [5.74, 6) is 0.0499. The van der Waals surface area contributed by atoms with Gasteiger partial charge in [-0.1, -0.05) is 12.1 Å². The molecule has 6 nitrogen and oxygen atoms in total. The van der Waals surface area contributed by atoms with Crippen LogP contribution in [0, 0.1) is 0 Å². The molecule has 2 heterocycles. The predicted molar refractivity (Wildman–Crippen MR) is 64.4 cm³/mol. The van der Waals surface area contributed by atoms with Crippen molar-refractivity contribution in [1.29, 1.82) is 0 Å². The van der Waals surface area contributed by atoms with E-state index in [0.717, 1.165) is 0 Å². The third-order valence-electron chi connectivity index (χ3n) is 3.06. The lowest BCUT2D eigenvalue weighted by molar-refractivity contribution is 0.0652. The zero-order valence-corrected chi connectivity index (χ0v) is 10.1. The van der Waals surface area contributed by atoms with Crippen molar-refractivity contribution in [1.82, 2.24) is 15.1 Å². The molecule has 1 aromatic carbocycles. The highest BCUT2D eigenvalue weighted by molar-refractivity contribution is 6.21. The Morgan fingerprint density at radius 2 is 1.79 bits per heavy atom. The lowest BCUT2D eigenvalue weighted by Crippen LogP contribution is -2.30. The number of aromatic nitrogens is 2. The van der Waals surface area contributed by atoms with Crippen LogP contribution in [-0.4, -0.2) is 33.5 Å². The monoisotopic (exact) mass is 257 g/mol. The quantitative estimate of drug-likeness (QED) is 0.771. The van der Waals surface area contributed by atoms with Crippen molar-refractivity contribution in [2.24, 2.45) is 0 Å². The van der Waals surface area contributed by atoms with Crippen molar-refractivity contribution >= 4 is 11.8 Å². The van der Waals surface area contributed by atoms with E-state index < -0.39 is 0 Å². The lowest BCUT2D eigenvalue weighted by atomic mass is 10.1. The maximum atomic E-state index is 12.1. The minimum absolute atomic E-state index is 0.230. The van der Waals surface area contributed by atoms with Crippen molar-refractivity contribution in [3.8, 4) is 0 Å². The average Bonchev–Trinajstić information content (AvgIpc) is 3.02. The number of amides is 2. The third-order valence-corrected chi connectivity index (χ3v) is 3.06. The lowest BCUT2D eigenvalue weighted by Gasteiger charge is -2.12. The normalized spacial score (nSPS) is 14.0. The van der Waals surface area contributed by atoms with Crippen LogP contribution in [0.25, 0.3) is 0 Å². The zero-order chi connectivity index (χ0) is 13.2. The van der Waals surface area contributed by atoms with Crippen molar-refractivity contribution in [2.45, 2.75) is 12.8 Å². The van der Waals surface area contributed by atoms with Crippen LogP contribution < -0.4 is 0 Å². The molecule has 0 unspecified atom stereocenters. The van der Waals surface area contributed by atoms with Gasteiger partial charge in [-0.05, 0) is 18.6 Å². The van der Waals surface area contributed by atoms with Crippen molar-refractivity contribution in [3.05, 3.63) is 47.7 Å². The molecule has 2 aromatic rings. The minimum Gasteiger partial charge on any atom is -0.428 e. The summed E-state index contributed by atoms with van der Waals surface area (Å²) in [6.45, 7) is 0.356. The number of benzene rings is 1. The van der Waals surface area contributed by atoms with Gasteiger partial charge in [0.1, 0.15) is 0 Å². The second-order valence-corrected chi connectivity index (χ2v) is 4.24. The molecule has 96 valence electrons. The first-order valence-corrected chi connectivity index (χ1v) is 5.97. The summed E-state index contributed by atoms with van der Waals surface area (Å²) in [6.07, 6.45) is 2.42. The highest BCUT2D eigenvalue weighted by atomic mass is 16.4. The predicted octanol–water partition coefficient (Wildman–Crippen LogP) is 1.30. The molecule has 0 atom stereocenters. The Bertz CT molecular complexity index is 587. The molecule has 0 radical (unpaired) electrons. The molecule has 6 heteroatoms. The maximum absolute atomic E-state index is 12.1. The van der Waals surface area contributed by atoms with Crippen LogP contribution in [0.5, 0.6) is 0 Å². The first-order valence-electron chi connectivity index (χ1n) is 5.97. The Morgan fingerprint density at radius 1 is 1.11 bits per heavy atom. The van der Waals surface area contributed by atoms with Crippen LogP contribution in [0.3, 0.4) is 0 Å². The van der Waals surface area contributed by atoms with Gasteiger partial charge in [-0.25, -0.2) is 0 Å². The Hall–Kier alpha value is -2.50. The average molecular weight is 257 g/mol. The summed E-state index contributed by atoms with van der Waals surface area (Å²) in [7, 11) is 0. The molecule has 0 bridgehead atoms. The standard InChI is InChI=1S/C13H11N3O3/c17-12-9-4-1-2-5-10(9)13(18)16(12)7-3-6-11-15-14-8-19-11/h1-2,4-5,8H,3,6-7H2. The number of aryl methyl sites for hydroxylation is 1. The van der Waals surface area contributed by atoms with Crippen LogP contribution in [-0.2, 0) is 6.42 Å². The zero-order valence-electron chi connectivity index (χ0n) is 10.1. The number of hydrogen-bond donors (Lipinski definition) is 0. The highest BCUT2D eigenvalue weighted by Gasteiger charge is 2.34. The number of imide groups is 1. The van der Waals surface area contributed by atoms with Gasteiger partial charge in [0.15, 0.2) is 0 Å². The van der Waals surface area contributed by atoms with Gasteiger partial charge in [0.05, 0.1) is 11.1 Å². The van der Waals surface area contributed by atoms with Crippen molar-refractivity contribution < 1.29 is 14.0 Å². The molecule has 0 saturated carbocycles. The fraction of sp³-hybridized carbons (Fsp3) is 0.231. The van der Waals surface area contributed by atoms with Gasteiger partial charge in [0.25, 0.3) is 11.8 Å². The van der Waals surface area contributed by atoms with E-state index in [0.29, 0.717) is 36.4 Å². The van der Waals surface area contributed by atoms with Gasteiger partial charge in [0, 0.05) is 13.0 Å². The largest absolute Gasteiger partial charge is 0.428 e. The summed E-state index contributed by atoms with van der Waals surface area (Å²) in [6, 6.07) is 6.86. The highest BCUT2D eigenvalue weighted by Crippen LogP contribution is 2.22. The topological polar surface area (TPSA) is 76.3 Å². The van der Waals surface area contributed by atoms with Gasteiger partial charge in [-0.2, -0.15) is 0 Å². The van der Waals surface area contributed by atoms with Crippen LogP contribution in [0.2, 0.25) is 0 Å². The molecule has 0 N–H and O–H groups in total. The number of rotatable bonds is 4. The number of carbonyl (C=O) groups is 2. The Labute approximate surface area is 109 Å². The second kappa shape index (κ2) is 4.64. The van der Waals surface area contributed by atoms with Gasteiger partial charge in [0.2, 0.25) is 12.3 Å². The molecule has 1 aliphatic heterocycles. The van der Waals surface area contributed by atoms with Gasteiger partial charge in [-0.15, -0.1) is 10.2 Å². The van der Waals surface area contributed by atoms with Gasteiger partial charge >= 0.3 is 0 Å². The molecule has 19 heavy (non-hydrogen) atoms. The number of hydrogen-bond acceptors (Lipinski definition) is 5. The first kappa shape index (κ1) is 11.6. The van der Waals surface area contributed by atoms with E-state index in [9.17, 15) is 9.59 Å². The van der Waals surface area contributed by atoms with E-state index in [1.807, 2.05) is 0 Å². The molecule has 1 aliphatic rings. The summed E-state index contributed by atoms with van der Waals surface area (Å²) in [5, 5.41) is 7.32. The first-order chi connectivity index (χ1) is 9.27. The van der Waals surface area contributed by atoms with Gasteiger partial charge < -0.3 is 4.42 Å². The smallest absolute Gasteiger partial charge is 0.261 e. The minimum atomic E-state index is -0.230. The molecule has 1 aromatic heterocycles.